The topological polar surface area (TPSA) is 78.9 Å². The highest BCUT2D eigenvalue weighted by atomic mass is 16.6. The van der Waals surface area contributed by atoms with Gasteiger partial charge in [0, 0.05) is 19.3 Å². The van der Waals surface area contributed by atoms with Crippen molar-refractivity contribution in [1.82, 2.24) is 0 Å². The second kappa shape index (κ2) is 56.0. The lowest BCUT2D eigenvalue weighted by Crippen LogP contribution is -2.30. The quantitative estimate of drug-likeness (QED) is 0.0262. The first-order valence-corrected chi connectivity index (χ1v) is 29.1. The Morgan fingerprint density at radius 3 is 0.851 bits per heavy atom. The molecular formula is C61H110O6. The molecule has 0 bridgehead atoms. The average Bonchev–Trinajstić information content (AvgIpc) is 3.33. The molecule has 0 fully saturated rings. The van der Waals surface area contributed by atoms with Crippen molar-refractivity contribution in [1.29, 1.82) is 0 Å². The normalized spacial score (nSPS) is 12.3. The first kappa shape index (κ1) is 64.4. The number of carbonyl (C=O) groups excluding carboxylic acids is 3. The molecule has 0 saturated heterocycles. The van der Waals surface area contributed by atoms with Crippen molar-refractivity contribution in [3.05, 3.63) is 48.6 Å². The van der Waals surface area contributed by atoms with Crippen LogP contribution >= 0.6 is 0 Å². The third-order valence-corrected chi connectivity index (χ3v) is 12.8. The largest absolute Gasteiger partial charge is 0.462 e. The maximum Gasteiger partial charge on any atom is 0.306 e. The smallest absolute Gasteiger partial charge is 0.306 e. The van der Waals surface area contributed by atoms with Crippen molar-refractivity contribution in [2.75, 3.05) is 13.2 Å². The molecule has 0 heterocycles. The Labute approximate surface area is 416 Å². The zero-order valence-corrected chi connectivity index (χ0v) is 44.7. The lowest BCUT2D eigenvalue weighted by molar-refractivity contribution is -0.167. The van der Waals surface area contributed by atoms with Gasteiger partial charge in [-0.2, -0.15) is 0 Å². The number of rotatable bonds is 53. The van der Waals surface area contributed by atoms with E-state index >= 15 is 0 Å². The maximum atomic E-state index is 12.8. The molecule has 0 aliphatic heterocycles. The van der Waals surface area contributed by atoms with Gasteiger partial charge in [-0.15, -0.1) is 0 Å². The first-order chi connectivity index (χ1) is 33.0. The van der Waals surface area contributed by atoms with Crippen molar-refractivity contribution >= 4 is 17.9 Å². The molecule has 6 nitrogen and oxygen atoms in total. The van der Waals surface area contributed by atoms with Crippen molar-refractivity contribution in [2.45, 2.75) is 309 Å². The molecule has 0 aromatic heterocycles. The Hall–Kier alpha value is -2.63. The van der Waals surface area contributed by atoms with Gasteiger partial charge in [0.1, 0.15) is 13.2 Å². The Bertz CT molecular complexity index is 1170. The summed E-state index contributed by atoms with van der Waals surface area (Å²) in [5.74, 6) is -0.881. The van der Waals surface area contributed by atoms with Gasteiger partial charge in [-0.3, -0.25) is 14.4 Å². The van der Waals surface area contributed by atoms with E-state index in [0.29, 0.717) is 19.3 Å². The minimum absolute atomic E-state index is 0.0758. The molecule has 390 valence electrons. The molecule has 0 aliphatic rings. The zero-order valence-electron chi connectivity index (χ0n) is 44.7. The van der Waals surface area contributed by atoms with E-state index in [2.05, 4.69) is 69.4 Å². The highest BCUT2D eigenvalue weighted by Crippen LogP contribution is 2.16. The SMILES string of the molecule is CCCCCCC/C=C\C/C=C\C/C=C\CCCCCCCCC(=O)OCC(COC(=O)CCCCCCCCCCC)OC(=O)CCCCCCCCCCC/C=C\CCCCCCCC. The van der Waals surface area contributed by atoms with E-state index in [0.717, 1.165) is 77.0 Å². The summed E-state index contributed by atoms with van der Waals surface area (Å²) in [5.41, 5.74) is 0. The summed E-state index contributed by atoms with van der Waals surface area (Å²) in [5, 5.41) is 0. The third-order valence-electron chi connectivity index (χ3n) is 12.8. The van der Waals surface area contributed by atoms with Gasteiger partial charge in [-0.1, -0.05) is 249 Å². The molecule has 0 N–H and O–H groups in total. The predicted molar refractivity (Wildman–Crippen MR) is 289 cm³/mol. The zero-order chi connectivity index (χ0) is 48.6. The van der Waals surface area contributed by atoms with Crippen molar-refractivity contribution in [3.8, 4) is 0 Å². The third kappa shape index (κ3) is 54.2. The molecule has 6 heteroatoms. The standard InChI is InChI=1S/C61H110O6/c1-4-7-10-13-16-19-21-23-25-27-29-30-32-33-35-37-39-42-45-48-51-54-60(63)66-57-58(56-65-59(62)53-50-47-44-41-18-15-12-9-6-3)67-61(64)55-52-49-46-43-40-38-36-34-31-28-26-24-22-20-17-14-11-8-5-2/h21,23-24,26-27,29,32-33,58H,4-20,22,25,28,30-31,34-57H2,1-3H3/b23-21-,26-24-,29-27-,33-32-. The van der Waals surface area contributed by atoms with E-state index in [1.165, 1.54) is 186 Å². The summed E-state index contributed by atoms with van der Waals surface area (Å²) >= 11 is 0. The minimum atomic E-state index is -0.777. The van der Waals surface area contributed by atoms with Crippen LogP contribution in [0.25, 0.3) is 0 Å². The van der Waals surface area contributed by atoms with Crippen LogP contribution in [-0.2, 0) is 28.6 Å². The van der Waals surface area contributed by atoms with Crippen molar-refractivity contribution in [3.63, 3.8) is 0 Å². The van der Waals surface area contributed by atoms with Crippen LogP contribution in [0.2, 0.25) is 0 Å². The molecule has 0 saturated carbocycles. The monoisotopic (exact) mass is 939 g/mol. The molecule has 0 radical (unpaired) electrons. The van der Waals surface area contributed by atoms with Gasteiger partial charge in [-0.25, -0.2) is 0 Å². The molecule has 0 rings (SSSR count). The number of hydrogen-bond donors (Lipinski definition) is 0. The fraction of sp³-hybridized carbons (Fsp3) is 0.820. The number of allylic oxidation sites excluding steroid dienone is 8. The van der Waals surface area contributed by atoms with Crippen LogP contribution in [0.4, 0.5) is 0 Å². The molecule has 0 aromatic carbocycles. The minimum Gasteiger partial charge on any atom is -0.462 e. The van der Waals surface area contributed by atoms with E-state index in [4.69, 9.17) is 14.2 Å². The van der Waals surface area contributed by atoms with Gasteiger partial charge in [0.15, 0.2) is 6.10 Å². The lowest BCUT2D eigenvalue weighted by atomic mass is 10.1. The summed E-state index contributed by atoms with van der Waals surface area (Å²) in [6.45, 7) is 6.62. The van der Waals surface area contributed by atoms with E-state index in [-0.39, 0.29) is 31.1 Å². The summed E-state index contributed by atoms with van der Waals surface area (Å²) in [6, 6.07) is 0. The average molecular weight is 940 g/mol. The summed E-state index contributed by atoms with van der Waals surface area (Å²) < 4.78 is 16.8. The number of carbonyl (C=O) groups is 3. The lowest BCUT2D eigenvalue weighted by Gasteiger charge is -2.18. The molecule has 0 spiro atoms. The Balaban J connectivity index is 4.28. The van der Waals surface area contributed by atoms with Gasteiger partial charge in [0.05, 0.1) is 0 Å². The molecule has 67 heavy (non-hydrogen) atoms. The first-order valence-electron chi connectivity index (χ1n) is 29.1. The number of unbranched alkanes of at least 4 members (excludes halogenated alkanes) is 34. The number of esters is 3. The van der Waals surface area contributed by atoms with E-state index in [1.54, 1.807) is 0 Å². The fourth-order valence-corrected chi connectivity index (χ4v) is 8.39. The summed E-state index contributed by atoms with van der Waals surface area (Å²) in [6.07, 6.45) is 68.2. The Morgan fingerprint density at radius 2 is 0.537 bits per heavy atom. The molecule has 0 amide bonds. The number of ether oxygens (including phenoxy) is 3. The molecule has 0 aliphatic carbocycles. The second-order valence-electron chi connectivity index (χ2n) is 19.6. The molecule has 1 atom stereocenters. The van der Waals surface area contributed by atoms with Crippen molar-refractivity contribution < 1.29 is 28.6 Å². The van der Waals surface area contributed by atoms with Crippen LogP contribution in [0, 0.1) is 0 Å². The van der Waals surface area contributed by atoms with Gasteiger partial charge >= 0.3 is 17.9 Å². The maximum absolute atomic E-state index is 12.8. The van der Waals surface area contributed by atoms with Crippen LogP contribution in [0.1, 0.15) is 303 Å². The van der Waals surface area contributed by atoms with Crippen LogP contribution in [0.5, 0.6) is 0 Å². The molecule has 1 unspecified atom stereocenters. The van der Waals surface area contributed by atoms with Crippen LogP contribution in [-0.4, -0.2) is 37.2 Å². The fourth-order valence-electron chi connectivity index (χ4n) is 8.39. The molecular weight excluding hydrogens is 829 g/mol. The van der Waals surface area contributed by atoms with Gasteiger partial charge in [-0.05, 0) is 83.5 Å². The van der Waals surface area contributed by atoms with Crippen molar-refractivity contribution in [2.24, 2.45) is 0 Å². The van der Waals surface area contributed by atoms with Crippen LogP contribution in [0.15, 0.2) is 48.6 Å². The summed E-state index contributed by atoms with van der Waals surface area (Å²) in [4.78, 5) is 38.1. The molecule has 0 aromatic rings. The predicted octanol–water partition coefficient (Wildman–Crippen LogP) is 19.4. The Kier molecular flexibility index (Phi) is 53.8. The van der Waals surface area contributed by atoms with E-state index < -0.39 is 6.10 Å². The van der Waals surface area contributed by atoms with E-state index in [9.17, 15) is 14.4 Å². The van der Waals surface area contributed by atoms with Crippen LogP contribution < -0.4 is 0 Å². The second-order valence-corrected chi connectivity index (χ2v) is 19.6. The highest BCUT2D eigenvalue weighted by Gasteiger charge is 2.19. The van der Waals surface area contributed by atoms with E-state index in [1.807, 2.05) is 0 Å². The van der Waals surface area contributed by atoms with Gasteiger partial charge in [0.2, 0.25) is 0 Å². The summed E-state index contributed by atoms with van der Waals surface area (Å²) in [7, 11) is 0. The van der Waals surface area contributed by atoms with Crippen LogP contribution in [0.3, 0.4) is 0 Å². The van der Waals surface area contributed by atoms with Gasteiger partial charge < -0.3 is 14.2 Å². The number of hydrogen-bond acceptors (Lipinski definition) is 6. The highest BCUT2D eigenvalue weighted by molar-refractivity contribution is 5.71. The Morgan fingerprint density at radius 1 is 0.299 bits per heavy atom. The van der Waals surface area contributed by atoms with Gasteiger partial charge in [0.25, 0.3) is 0 Å².